The number of hydrogen-bond donors (Lipinski definition) is 1. The van der Waals surface area contributed by atoms with E-state index in [1.54, 1.807) is 0 Å². The largest absolute Gasteiger partial charge is 0.472 e. The van der Waals surface area contributed by atoms with Crippen molar-refractivity contribution in [3.05, 3.63) is 0 Å². The smallest absolute Gasteiger partial charge is 0.303 e. The standard InChI is InChI=1S/C32H64NO5P/c1-3-5-6-7-8-9-10-11-12-13-14-15-16-17-18-19-24-31(29-32(34)4-2)30-38-39(35,36)37-28-23-22-27-33-25-20-21-26-33/h31H,3-30H2,1-2H3,(H,35,36). The van der Waals surface area contributed by atoms with E-state index in [1.165, 1.54) is 116 Å². The van der Waals surface area contributed by atoms with Crippen LogP contribution in [0.5, 0.6) is 0 Å². The van der Waals surface area contributed by atoms with E-state index < -0.39 is 7.82 Å². The molecule has 0 saturated carbocycles. The molecule has 1 N–H and O–H groups in total. The topological polar surface area (TPSA) is 76.1 Å². The van der Waals surface area contributed by atoms with Gasteiger partial charge in [-0.1, -0.05) is 117 Å². The van der Waals surface area contributed by atoms with E-state index in [4.69, 9.17) is 9.05 Å². The molecule has 0 aliphatic carbocycles. The highest BCUT2D eigenvalue weighted by atomic mass is 31.2. The maximum Gasteiger partial charge on any atom is 0.472 e. The van der Waals surface area contributed by atoms with Crippen LogP contribution in [0.3, 0.4) is 0 Å². The number of Topliss-reactive ketones (excluding diaryl/α,β-unsaturated/α-hetero) is 1. The summed E-state index contributed by atoms with van der Waals surface area (Å²) in [7, 11) is -4.06. The number of phosphoric ester groups is 1. The molecule has 6 nitrogen and oxygen atoms in total. The van der Waals surface area contributed by atoms with Crippen LogP contribution in [0.2, 0.25) is 0 Å². The highest BCUT2D eigenvalue weighted by Crippen LogP contribution is 2.44. The number of carbonyl (C=O) groups excluding carboxylic acids is 1. The summed E-state index contributed by atoms with van der Waals surface area (Å²) in [5, 5.41) is 0. The molecule has 1 saturated heterocycles. The second-order valence-corrected chi connectivity index (χ2v) is 13.4. The first-order valence-electron chi connectivity index (χ1n) is 16.8. The van der Waals surface area contributed by atoms with Crippen LogP contribution < -0.4 is 0 Å². The molecule has 0 aromatic rings. The van der Waals surface area contributed by atoms with Gasteiger partial charge in [-0.3, -0.25) is 13.8 Å². The van der Waals surface area contributed by atoms with Crippen LogP contribution >= 0.6 is 7.82 Å². The third kappa shape index (κ3) is 23.0. The minimum Gasteiger partial charge on any atom is -0.303 e. The number of rotatable bonds is 29. The summed E-state index contributed by atoms with van der Waals surface area (Å²) >= 11 is 0. The summed E-state index contributed by atoms with van der Waals surface area (Å²) in [6.45, 7) is 7.86. The van der Waals surface area contributed by atoms with E-state index in [0.29, 0.717) is 12.8 Å². The van der Waals surface area contributed by atoms with Crippen molar-refractivity contribution >= 4 is 13.6 Å². The number of nitrogens with zero attached hydrogens (tertiary/aromatic N) is 1. The SMILES string of the molecule is CCCCCCCCCCCCCCCCCCC(COP(=O)(O)OCCCCN1CCCC1)CC(=O)CC. The summed E-state index contributed by atoms with van der Waals surface area (Å²) in [6.07, 6.45) is 27.4. The zero-order valence-corrected chi connectivity index (χ0v) is 26.7. The van der Waals surface area contributed by atoms with Crippen molar-refractivity contribution in [2.24, 2.45) is 5.92 Å². The van der Waals surface area contributed by atoms with Crippen molar-refractivity contribution in [3.63, 3.8) is 0 Å². The van der Waals surface area contributed by atoms with Crippen LogP contribution in [0.15, 0.2) is 0 Å². The van der Waals surface area contributed by atoms with E-state index >= 15 is 0 Å². The number of carbonyl (C=O) groups is 1. The van der Waals surface area contributed by atoms with E-state index in [-0.39, 0.29) is 24.9 Å². The van der Waals surface area contributed by atoms with Crippen LogP contribution in [0, 0.1) is 5.92 Å². The third-order valence-corrected chi connectivity index (χ3v) is 9.16. The van der Waals surface area contributed by atoms with Gasteiger partial charge in [-0.15, -0.1) is 0 Å². The fourth-order valence-electron chi connectivity index (χ4n) is 5.55. The summed E-state index contributed by atoms with van der Waals surface area (Å²) in [4.78, 5) is 24.6. The highest BCUT2D eigenvalue weighted by molar-refractivity contribution is 7.47. The lowest BCUT2D eigenvalue weighted by Crippen LogP contribution is -2.20. The Bertz CT molecular complexity index is 611. The van der Waals surface area contributed by atoms with Gasteiger partial charge in [-0.05, 0) is 57.7 Å². The molecule has 0 aromatic heterocycles. The summed E-state index contributed by atoms with van der Waals surface area (Å²) in [5.41, 5.74) is 0. The molecule has 1 aliphatic rings. The number of likely N-dealkylation sites (tertiary alicyclic amines) is 1. The average molecular weight is 574 g/mol. The Kier molecular flexibility index (Phi) is 24.0. The Hall–Kier alpha value is -0.260. The van der Waals surface area contributed by atoms with E-state index in [1.807, 2.05) is 6.92 Å². The maximum atomic E-state index is 12.3. The number of hydrogen-bond acceptors (Lipinski definition) is 5. The Labute approximate surface area is 242 Å². The first-order valence-corrected chi connectivity index (χ1v) is 18.3. The maximum absolute atomic E-state index is 12.3. The Morgan fingerprint density at radius 3 is 1.77 bits per heavy atom. The predicted octanol–water partition coefficient (Wildman–Crippen LogP) is 9.63. The Balaban J connectivity index is 2.05. The van der Waals surface area contributed by atoms with Gasteiger partial charge in [-0.25, -0.2) is 4.57 Å². The molecule has 1 fully saturated rings. The molecule has 2 atom stereocenters. The van der Waals surface area contributed by atoms with Crippen molar-refractivity contribution < 1.29 is 23.3 Å². The highest BCUT2D eigenvalue weighted by Gasteiger charge is 2.24. The van der Waals surface area contributed by atoms with Gasteiger partial charge < -0.3 is 9.79 Å². The summed E-state index contributed by atoms with van der Waals surface area (Å²) in [5.74, 6) is 0.180. The van der Waals surface area contributed by atoms with Crippen LogP contribution in [-0.2, 0) is 18.4 Å². The fourth-order valence-corrected chi connectivity index (χ4v) is 6.39. The van der Waals surface area contributed by atoms with Crippen molar-refractivity contribution in [2.75, 3.05) is 32.8 Å². The lowest BCUT2D eigenvalue weighted by Gasteiger charge is -2.19. The van der Waals surface area contributed by atoms with E-state index in [2.05, 4.69) is 11.8 Å². The quantitative estimate of drug-likeness (QED) is 0.0709. The van der Waals surface area contributed by atoms with Crippen molar-refractivity contribution in [1.82, 2.24) is 4.90 Å². The molecule has 0 spiro atoms. The van der Waals surface area contributed by atoms with Gasteiger partial charge in [0.05, 0.1) is 13.2 Å². The molecular weight excluding hydrogens is 509 g/mol. The Morgan fingerprint density at radius 2 is 1.26 bits per heavy atom. The number of phosphoric acid groups is 1. The second-order valence-electron chi connectivity index (χ2n) is 11.9. The lowest BCUT2D eigenvalue weighted by molar-refractivity contribution is -0.120. The summed E-state index contributed by atoms with van der Waals surface area (Å²) < 4.78 is 22.9. The molecule has 0 amide bonds. The molecule has 232 valence electrons. The fraction of sp³-hybridized carbons (Fsp3) is 0.969. The normalized spacial score (nSPS) is 16.5. The van der Waals surface area contributed by atoms with Crippen molar-refractivity contribution in [3.8, 4) is 0 Å². The van der Waals surface area contributed by atoms with Gasteiger partial charge in [0.25, 0.3) is 0 Å². The summed E-state index contributed by atoms with van der Waals surface area (Å²) in [6, 6.07) is 0. The molecule has 2 unspecified atom stereocenters. The van der Waals surface area contributed by atoms with Crippen LogP contribution in [0.25, 0.3) is 0 Å². The molecule has 1 heterocycles. The molecule has 0 aromatic carbocycles. The minimum absolute atomic E-state index is 0.0108. The van der Waals surface area contributed by atoms with Crippen LogP contribution in [-0.4, -0.2) is 48.4 Å². The van der Waals surface area contributed by atoms with Crippen LogP contribution in [0.4, 0.5) is 0 Å². The first-order chi connectivity index (χ1) is 19.0. The average Bonchev–Trinajstić information content (AvgIpc) is 3.44. The van der Waals surface area contributed by atoms with Gasteiger partial charge in [0.15, 0.2) is 0 Å². The van der Waals surface area contributed by atoms with Crippen molar-refractivity contribution in [2.45, 2.75) is 162 Å². The van der Waals surface area contributed by atoms with E-state index in [0.717, 1.165) is 38.6 Å². The molecule has 0 radical (unpaired) electrons. The molecule has 1 aliphatic heterocycles. The van der Waals surface area contributed by atoms with E-state index in [9.17, 15) is 14.3 Å². The van der Waals surface area contributed by atoms with Gasteiger partial charge in [0.1, 0.15) is 5.78 Å². The first kappa shape index (κ1) is 36.8. The van der Waals surface area contributed by atoms with Crippen LogP contribution in [0.1, 0.15) is 162 Å². The molecule has 39 heavy (non-hydrogen) atoms. The Morgan fingerprint density at radius 1 is 0.744 bits per heavy atom. The lowest BCUT2D eigenvalue weighted by atomic mass is 9.95. The molecule has 0 bridgehead atoms. The zero-order valence-electron chi connectivity index (χ0n) is 25.9. The van der Waals surface area contributed by atoms with Gasteiger partial charge in [0.2, 0.25) is 0 Å². The number of ketones is 1. The zero-order chi connectivity index (χ0) is 28.4. The monoisotopic (exact) mass is 573 g/mol. The third-order valence-electron chi connectivity index (χ3n) is 8.17. The van der Waals surface area contributed by atoms with Gasteiger partial charge in [0, 0.05) is 12.8 Å². The molecular formula is C32H64NO5P. The van der Waals surface area contributed by atoms with Gasteiger partial charge >= 0.3 is 7.82 Å². The molecule has 7 heteroatoms. The molecule has 1 rings (SSSR count). The predicted molar refractivity (Wildman–Crippen MR) is 164 cm³/mol. The number of unbranched alkanes of at least 4 members (excludes halogenated alkanes) is 16. The minimum atomic E-state index is -4.06. The van der Waals surface area contributed by atoms with Crippen molar-refractivity contribution in [1.29, 1.82) is 0 Å². The van der Waals surface area contributed by atoms with Gasteiger partial charge in [-0.2, -0.15) is 0 Å². The second kappa shape index (κ2) is 25.5.